The summed E-state index contributed by atoms with van der Waals surface area (Å²) in [7, 11) is -7.93. The van der Waals surface area contributed by atoms with Crippen molar-refractivity contribution < 1.29 is 21.4 Å². The molecule has 1 aromatic rings. The number of benzene rings is 1. The molecule has 4 N–H and O–H groups in total. The van der Waals surface area contributed by atoms with Crippen molar-refractivity contribution >= 4 is 47.4 Å². The molecule has 0 saturated carbocycles. The van der Waals surface area contributed by atoms with Gasteiger partial charge in [0.1, 0.15) is 4.90 Å². The first-order valence-corrected chi connectivity index (χ1v) is 8.80. The van der Waals surface area contributed by atoms with E-state index in [-0.39, 0.29) is 22.5 Å². The van der Waals surface area contributed by atoms with Gasteiger partial charge in [-0.1, -0.05) is 15.9 Å². The van der Waals surface area contributed by atoms with E-state index in [4.69, 9.17) is 10.3 Å². The van der Waals surface area contributed by atoms with E-state index in [9.17, 15) is 16.8 Å². The van der Waals surface area contributed by atoms with Gasteiger partial charge in [-0.25, -0.2) is 8.42 Å². The summed E-state index contributed by atoms with van der Waals surface area (Å²) in [6, 6.07) is 3.34. The molecule has 0 amide bonds. The van der Waals surface area contributed by atoms with Crippen molar-refractivity contribution in [1.29, 1.82) is 0 Å². The Morgan fingerprint density at radius 3 is 2.33 bits per heavy atom. The summed E-state index contributed by atoms with van der Waals surface area (Å²) >= 11 is 2.99. The van der Waals surface area contributed by atoms with E-state index in [1.807, 2.05) is 0 Å². The molecular weight excluding hydrogens is 348 g/mol. The molecule has 0 unspecified atom stereocenters. The molecule has 0 heterocycles. The molecule has 18 heavy (non-hydrogen) atoms. The number of nitrogen functional groups attached to an aromatic ring is 1. The highest BCUT2D eigenvalue weighted by atomic mass is 79.9. The second kappa shape index (κ2) is 5.43. The summed E-state index contributed by atoms with van der Waals surface area (Å²) in [5.41, 5.74) is 5.30. The van der Waals surface area contributed by atoms with Gasteiger partial charge in [-0.3, -0.25) is 9.27 Å². The number of halogens is 1. The van der Waals surface area contributed by atoms with Crippen molar-refractivity contribution in [2.45, 2.75) is 4.90 Å². The zero-order chi connectivity index (χ0) is 14.0. The first kappa shape index (κ1) is 15.2. The lowest BCUT2D eigenvalue weighted by Gasteiger charge is -2.09. The lowest BCUT2D eigenvalue weighted by molar-refractivity contribution is 0.483. The van der Waals surface area contributed by atoms with Crippen molar-refractivity contribution in [3.05, 3.63) is 18.2 Å². The molecule has 0 aliphatic rings. The van der Waals surface area contributed by atoms with Crippen molar-refractivity contribution in [1.82, 2.24) is 0 Å². The second-order valence-electron chi connectivity index (χ2n) is 3.34. The summed E-state index contributed by atoms with van der Waals surface area (Å²) in [6.45, 7) is 0. The first-order chi connectivity index (χ1) is 8.15. The molecule has 1 aromatic carbocycles. The molecule has 0 atom stereocenters. The van der Waals surface area contributed by atoms with E-state index in [1.54, 1.807) is 0 Å². The van der Waals surface area contributed by atoms with Gasteiger partial charge < -0.3 is 5.73 Å². The highest BCUT2D eigenvalue weighted by molar-refractivity contribution is 9.09. The molecule has 0 radical (unpaired) electrons. The van der Waals surface area contributed by atoms with E-state index < -0.39 is 25.0 Å². The Bertz CT molecular complexity index is 641. The fourth-order valence-corrected chi connectivity index (χ4v) is 3.85. The topological polar surface area (TPSA) is 127 Å². The molecule has 0 aliphatic heterocycles. The second-order valence-corrected chi connectivity index (χ2v) is 7.36. The number of anilines is 2. The molecule has 0 aliphatic carbocycles. The SMILES string of the molecule is Nc1cc(NS(=O)(=O)CCBr)ccc1S(=O)(=O)O. The van der Waals surface area contributed by atoms with Gasteiger partial charge in [-0.2, -0.15) is 8.42 Å². The maximum Gasteiger partial charge on any atom is 0.296 e. The standard InChI is InChI=1S/C8H11BrN2O5S2/c9-3-4-17(12,13)11-6-1-2-8(7(10)5-6)18(14,15)16/h1-2,5,11H,3-4,10H2,(H,14,15,16). The molecule has 0 fully saturated rings. The molecule has 1 rings (SSSR count). The third kappa shape index (κ3) is 4.12. The third-order valence-electron chi connectivity index (χ3n) is 1.91. The molecule has 0 bridgehead atoms. The Kier molecular flexibility index (Phi) is 4.59. The number of hydrogen-bond donors (Lipinski definition) is 3. The van der Waals surface area contributed by atoms with Gasteiger partial charge in [-0.05, 0) is 18.2 Å². The zero-order valence-corrected chi connectivity index (χ0v) is 12.2. The van der Waals surface area contributed by atoms with Gasteiger partial charge in [0.25, 0.3) is 10.1 Å². The van der Waals surface area contributed by atoms with E-state index in [0.29, 0.717) is 0 Å². The van der Waals surface area contributed by atoms with Gasteiger partial charge >= 0.3 is 0 Å². The van der Waals surface area contributed by atoms with Crippen LogP contribution in [-0.4, -0.2) is 32.5 Å². The lowest BCUT2D eigenvalue weighted by Crippen LogP contribution is -2.17. The fraction of sp³-hybridized carbons (Fsp3) is 0.250. The number of nitrogens with two attached hydrogens (primary N) is 1. The van der Waals surface area contributed by atoms with Gasteiger partial charge in [-0.15, -0.1) is 0 Å². The van der Waals surface area contributed by atoms with Gasteiger partial charge in [0.2, 0.25) is 10.0 Å². The molecule has 0 spiro atoms. The molecule has 102 valence electrons. The van der Waals surface area contributed by atoms with Crippen LogP contribution in [0, 0.1) is 0 Å². The Hall–Kier alpha value is -0.840. The van der Waals surface area contributed by atoms with Crippen LogP contribution < -0.4 is 10.5 Å². The van der Waals surface area contributed by atoms with Crippen molar-refractivity contribution in [3.8, 4) is 0 Å². The molecular formula is C8H11BrN2O5S2. The van der Waals surface area contributed by atoms with Crippen molar-refractivity contribution in [2.24, 2.45) is 0 Å². The summed E-state index contributed by atoms with van der Waals surface area (Å²) in [4.78, 5) is -0.467. The van der Waals surface area contributed by atoms with Crippen molar-refractivity contribution in [2.75, 3.05) is 21.5 Å². The summed E-state index contributed by atoms with van der Waals surface area (Å²) in [5.74, 6) is -0.132. The summed E-state index contributed by atoms with van der Waals surface area (Å²) in [5, 5.41) is 0.265. The predicted molar refractivity (Wildman–Crippen MR) is 71.9 cm³/mol. The number of hydrogen-bond acceptors (Lipinski definition) is 5. The molecule has 0 saturated heterocycles. The Morgan fingerprint density at radius 1 is 1.28 bits per heavy atom. The maximum absolute atomic E-state index is 11.4. The number of sulfonamides is 1. The predicted octanol–water partition coefficient (Wildman–Crippen LogP) is 0.652. The number of alkyl halides is 1. The number of nitrogens with one attached hydrogen (secondary N) is 1. The first-order valence-electron chi connectivity index (χ1n) is 4.59. The van der Waals surface area contributed by atoms with Crippen LogP contribution in [0.2, 0.25) is 0 Å². The Balaban J connectivity index is 3.07. The van der Waals surface area contributed by atoms with Crippen LogP contribution >= 0.6 is 15.9 Å². The minimum absolute atomic E-state index is 0.126. The highest BCUT2D eigenvalue weighted by Crippen LogP contribution is 2.22. The van der Waals surface area contributed by atoms with Crippen LogP contribution in [0.3, 0.4) is 0 Å². The Labute approximate surface area is 113 Å². The van der Waals surface area contributed by atoms with Crippen LogP contribution in [0.1, 0.15) is 0 Å². The minimum atomic E-state index is -4.41. The normalized spacial score (nSPS) is 12.3. The molecule has 0 aromatic heterocycles. The number of rotatable bonds is 5. The highest BCUT2D eigenvalue weighted by Gasteiger charge is 2.15. The van der Waals surface area contributed by atoms with Crippen LogP contribution in [0.5, 0.6) is 0 Å². The van der Waals surface area contributed by atoms with Gasteiger partial charge in [0, 0.05) is 5.33 Å². The average molecular weight is 359 g/mol. The molecule has 10 heteroatoms. The van der Waals surface area contributed by atoms with E-state index in [2.05, 4.69) is 20.7 Å². The third-order valence-corrected chi connectivity index (χ3v) is 5.04. The van der Waals surface area contributed by atoms with E-state index in [0.717, 1.165) is 12.1 Å². The average Bonchev–Trinajstić information content (AvgIpc) is 2.13. The largest absolute Gasteiger partial charge is 0.398 e. The maximum atomic E-state index is 11.4. The smallest absolute Gasteiger partial charge is 0.296 e. The van der Waals surface area contributed by atoms with Crippen LogP contribution in [0.15, 0.2) is 23.1 Å². The van der Waals surface area contributed by atoms with Crippen LogP contribution in [0.25, 0.3) is 0 Å². The van der Waals surface area contributed by atoms with E-state index >= 15 is 0 Å². The minimum Gasteiger partial charge on any atom is -0.398 e. The summed E-state index contributed by atoms with van der Waals surface area (Å²) in [6.07, 6.45) is 0. The Morgan fingerprint density at radius 2 is 1.89 bits per heavy atom. The van der Waals surface area contributed by atoms with Gasteiger partial charge in [0.05, 0.1) is 17.1 Å². The van der Waals surface area contributed by atoms with Gasteiger partial charge in [0.15, 0.2) is 0 Å². The van der Waals surface area contributed by atoms with Crippen LogP contribution in [-0.2, 0) is 20.1 Å². The van der Waals surface area contributed by atoms with E-state index in [1.165, 1.54) is 6.07 Å². The fourth-order valence-electron chi connectivity index (χ4n) is 1.18. The molecule has 7 nitrogen and oxygen atoms in total. The zero-order valence-electron chi connectivity index (χ0n) is 9.00. The van der Waals surface area contributed by atoms with Crippen molar-refractivity contribution in [3.63, 3.8) is 0 Å². The summed E-state index contributed by atoms with van der Waals surface area (Å²) < 4.78 is 55.7. The van der Waals surface area contributed by atoms with Crippen LogP contribution in [0.4, 0.5) is 11.4 Å². The quantitative estimate of drug-likeness (QED) is 0.403. The monoisotopic (exact) mass is 358 g/mol. The lowest BCUT2D eigenvalue weighted by atomic mass is 10.3.